The quantitative estimate of drug-likeness (QED) is 0.817. The maximum atomic E-state index is 5.59. The Morgan fingerprint density at radius 1 is 1.00 bits per heavy atom. The van der Waals surface area contributed by atoms with Crippen LogP contribution in [-0.2, 0) is 0 Å². The lowest BCUT2D eigenvalue weighted by atomic mass is 10.1. The van der Waals surface area contributed by atoms with Crippen molar-refractivity contribution in [3.05, 3.63) is 59.2 Å². The van der Waals surface area contributed by atoms with Crippen molar-refractivity contribution in [2.75, 3.05) is 16.8 Å². The van der Waals surface area contributed by atoms with E-state index in [1.165, 1.54) is 16.7 Å². The van der Waals surface area contributed by atoms with Crippen LogP contribution in [0.5, 0.6) is 0 Å². The molecule has 0 amide bonds. The third-order valence-corrected chi connectivity index (χ3v) is 4.05. The van der Waals surface area contributed by atoms with Crippen LogP contribution < -0.4 is 10.2 Å². The summed E-state index contributed by atoms with van der Waals surface area (Å²) in [5.74, 6) is 0. The lowest BCUT2D eigenvalue weighted by Gasteiger charge is -2.26. The summed E-state index contributed by atoms with van der Waals surface area (Å²) in [6, 6.07) is 14.6. The molecule has 0 bridgehead atoms. The first kappa shape index (κ1) is 15.5. The molecule has 0 fully saturated rings. The van der Waals surface area contributed by atoms with Gasteiger partial charge in [0.1, 0.15) is 0 Å². The number of para-hydroxylation sites is 1. The van der Waals surface area contributed by atoms with Gasteiger partial charge in [-0.15, -0.1) is 0 Å². The van der Waals surface area contributed by atoms with Crippen LogP contribution in [0.1, 0.15) is 23.6 Å². The van der Waals surface area contributed by atoms with Crippen LogP contribution in [0.3, 0.4) is 0 Å². The van der Waals surface area contributed by atoms with Gasteiger partial charge in [-0.25, -0.2) is 0 Å². The number of anilines is 2. The van der Waals surface area contributed by atoms with Gasteiger partial charge in [0.15, 0.2) is 5.11 Å². The fraction of sp³-hybridized carbons (Fsp3) is 0.278. The Labute approximate surface area is 132 Å². The summed E-state index contributed by atoms with van der Waals surface area (Å²) in [5.41, 5.74) is 5.97. The lowest BCUT2D eigenvalue weighted by molar-refractivity contribution is 1.06. The first-order valence-electron chi connectivity index (χ1n) is 7.24. The zero-order valence-corrected chi connectivity index (χ0v) is 13.9. The fourth-order valence-electron chi connectivity index (χ4n) is 2.30. The number of nitrogens with one attached hydrogen (secondary N) is 1. The summed E-state index contributed by atoms with van der Waals surface area (Å²) in [5, 5.41) is 4.08. The summed E-state index contributed by atoms with van der Waals surface area (Å²) in [7, 11) is 0. The van der Waals surface area contributed by atoms with E-state index in [0.29, 0.717) is 0 Å². The van der Waals surface area contributed by atoms with Crippen molar-refractivity contribution in [2.24, 2.45) is 0 Å². The molecule has 0 spiro atoms. The van der Waals surface area contributed by atoms with E-state index in [9.17, 15) is 0 Å². The number of hydrogen-bond donors (Lipinski definition) is 1. The van der Waals surface area contributed by atoms with Crippen LogP contribution >= 0.6 is 12.2 Å². The number of nitrogens with zero attached hydrogens (tertiary/aromatic N) is 1. The van der Waals surface area contributed by atoms with Crippen LogP contribution in [0.2, 0.25) is 0 Å². The summed E-state index contributed by atoms with van der Waals surface area (Å²) >= 11 is 5.59. The van der Waals surface area contributed by atoms with Crippen molar-refractivity contribution in [2.45, 2.75) is 27.7 Å². The van der Waals surface area contributed by atoms with E-state index in [1.54, 1.807) is 0 Å². The number of hydrogen-bond acceptors (Lipinski definition) is 1. The monoisotopic (exact) mass is 298 g/mol. The van der Waals surface area contributed by atoms with Crippen molar-refractivity contribution < 1.29 is 0 Å². The van der Waals surface area contributed by atoms with Crippen molar-refractivity contribution >= 4 is 28.7 Å². The van der Waals surface area contributed by atoms with Gasteiger partial charge in [0.2, 0.25) is 0 Å². The second kappa shape index (κ2) is 6.72. The molecule has 0 radical (unpaired) electrons. The second-order valence-electron chi connectivity index (χ2n) is 5.26. The number of benzene rings is 2. The van der Waals surface area contributed by atoms with Crippen molar-refractivity contribution in [3.63, 3.8) is 0 Å². The van der Waals surface area contributed by atoms with Crippen LogP contribution in [0, 0.1) is 20.8 Å². The first-order chi connectivity index (χ1) is 10.0. The van der Waals surface area contributed by atoms with E-state index < -0.39 is 0 Å². The van der Waals surface area contributed by atoms with E-state index >= 15 is 0 Å². The van der Waals surface area contributed by atoms with E-state index in [-0.39, 0.29) is 0 Å². The maximum Gasteiger partial charge on any atom is 0.177 e. The Kier molecular flexibility index (Phi) is 4.97. The minimum Gasteiger partial charge on any atom is -0.332 e. The van der Waals surface area contributed by atoms with Crippen LogP contribution in [0.25, 0.3) is 0 Å². The molecule has 110 valence electrons. The van der Waals surface area contributed by atoms with E-state index in [0.717, 1.165) is 23.0 Å². The molecule has 2 nitrogen and oxygen atoms in total. The fourth-order valence-corrected chi connectivity index (χ4v) is 2.65. The van der Waals surface area contributed by atoms with Gasteiger partial charge >= 0.3 is 0 Å². The third kappa shape index (κ3) is 3.61. The largest absolute Gasteiger partial charge is 0.332 e. The van der Waals surface area contributed by atoms with Crippen LogP contribution in [-0.4, -0.2) is 11.7 Å². The van der Waals surface area contributed by atoms with Gasteiger partial charge in [0, 0.05) is 17.9 Å². The smallest absolute Gasteiger partial charge is 0.177 e. The molecule has 0 atom stereocenters. The summed E-state index contributed by atoms with van der Waals surface area (Å²) in [4.78, 5) is 2.12. The average Bonchev–Trinajstić information content (AvgIpc) is 2.46. The second-order valence-corrected chi connectivity index (χ2v) is 5.65. The molecule has 0 aromatic heterocycles. The average molecular weight is 298 g/mol. The first-order valence-corrected chi connectivity index (χ1v) is 7.65. The predicted octanol–water partition coefficient (Wildman–Crippen LogP) is 4.84. The molecule has 0 unspecified atom stereocenters. The van der Waals surface area contributed by atoms with Gasteiger partial charge in [0.05, 0.1) is 0 Å². The SMILES string of the molecule is CCN(C(=S)Nc1ccc(C)c(C)c1)c1ccccc1C. The molecule has 0 saturated carbocycles. The number of rotatable bonds is 3. The Morgan fingerprint density at radius 2 is 1.71 bits per heavy atom. The highest BCUT2D eigenvalue weighted by molar-refractivity contribution is 7.80. The molecule has 2 aromatic rings. The Balaban J connectivity index is 2.21. The molecule has 0 aliphatic heterocycles. The highest BCUT2D eigenvalue weighted by atomic mass is 32.1. The van der Waals surface area contributed by atoms with Crippen molar-refractivity contribution in [3.8, 4) is 0 Å². The van der Waals surface area contributed by atoms with Crippen molar-refractivity contribution in [1.82, 2.24) is 0 Å². The van der Waals surface area contributed by atoms with E-state index in [4.69, 9.17) is 12.2 Å². The summed E-state index contributed by atoms with van der Waals surface area (Å²) in [6.07, 6.45) is 0. The van der Waals surface area contributed by atoms with Crippen LogP contribution in [0.4, 0.5) is 11.4 Å². The zero-order valence-electron chi connectivity index (χ0n) is 13.1. The summed E-state index contributed by atoms with van der Waals surface area (Å²) < 4.78 is 0. The third-order valence-electron chi connectivity index (χ3n) is 3.73. The standard InChI is InChI=1S/C18H22N2S/c1-5-20(17-9-7-6-8-14(17)3)18(21)19-16-11-10-13(2)15(4)12-16/h6-12H,5H2,1-4H3,(H,19,21). The van der Waals surface area contributed by atoms with Gasteiger partial charge in [-0.3, -0.25) is 0 Å². The zero-order chi connectivity index (χ0) is 15.4. The normalized spacial score (nSPS) is 10.3. The molecule has 0 heterocycles. The predicted molar refractivity (Wildman–Crippen MR) is 96.3 cm³/mol. The molecule has 2 aromatic carbocycles. The Morgan fingerprint density at radius 3 is 2.33 bits per heavy atom. The molecule has 0 aliphatic rings. The number of thiocarbonyl (C=S) groups is 1. The summed E-state index contributed by atoms with van der Waals surface area (Å²) in [6.45, 7) is 9.28. The number of aryl methyl sites for hydroxylation is 3. The molecule has 0 saturated heterocycles. The van der Waals surface area contributed by atoms with Crippen molar-refractivity contribution in [1.29, 1.82) is 0 Å². The highest BCUT2D eigenvalue weighted by Gasteiger charge is 2.12. The molecule has 0 aliphatic carbocycles. The van der Waals surface area contributed by atoms with Gasteiger partial charge in [-0.1, -0.05) is 24.3 Å². The molecular weight excluding hydrogens is 276 g/mol. The molecular formula is C18H22N2S. The Hall–Kier alpha value is -1.87. The van der Waals surface area contributed by atoms with Gasteiger partial charge in [0.25, 0.3) is 0 Å². The van der Waals surface area contributed by atoms with Gasteiger partial charge in [-0.05, 0) is 74.8 Å². The van der Waals surface area contributed by atoms with Crippen LogP contribution in [0.15, 0.2) is 42.5 Å². The molecule has 2 rings (SSSR count). The highest BCUT2D eigenvalue weighted by Crippen LogP contribution is 2.21. The van der Waals surface area contributed by atoms with Gasteiger partial charge < -0.3 is 10.2 Å². The van der Waals surface area contributed by atoms with E-state index in [1.807, 2.05) is 12.1 Å². The minimum atomic E-state index is 0.732. The molecule has 1 N–H and O–H groups in total. The maximum absolute atomic E-state index is 5.59. The topological polar surface area (TPSA) is 15.3 Å². The van der Waals surface area contributed by atoms with Gasteiger partial charge in [-0.2, -0.15) is 0 Å². The Bertz CT molecular complexity index is 649. The molecule has 3 heteroatoms. The van der Waals surface area contributed by atoms with E-state index in [2.05, 4.69) is 68.2 Å². The molecule has 21 heavy (non-hydrogen) atoms. The minimum absolute atomic E-state index is 0.732. The lowest BCUT2D eigenvalue weighted by Crippen LogP contribution is -2.35.